The predicted octanol–water partition coefficient (Wildman–Crippen LogP) is 3.49. The maximum atomic E-state index is 12.1. The number of ether oxygens (including phenoxy) is 1. The number of hydrogen-bond acceptors (Lipinski definition) is 2. The summed E-state index contributed by atoms with van der Waals surface area (Å²) < 4.78 is 30.6. The van der Waals surface area contributed by atoms with Gasteiger partial charge in [0.2, 0.25) is 0 Å². The number of alkyl halides is 2. The van der Waals surface area contributed by atoms with Crippen molar-refractivity contribution in [3.63, 3.8) is 0 Å². The third kappa shape index (κ3) is 2.59. The van der Waals surface area contributed by atoms with Gasteiger partial charge in [0, 0.05) is 24.7 Å². The van der Waals surface area contributed by atoms with Crippen LogP contribution < -0.4 is 4.74 Å². The monoisotopic (exact) mass is 264 g/mol. The summed E-state index contributed by atoms with van der Waals surface area (Å²) in [6.45, 7) is -1.78. The largest absolute Gasteiger partial charge is 0.435 e. The average molecular weight is 264 g/mol. The van der Waals surface area contributed by atoms with Crippen molar-refractivity contribution < 1.29 is 13.5 Å². The van der Waals surface area contributed by atoms with Gasteiger partial charge < -0.3 is 9.30 Å². The minimum Gasteiger partial charge on any atom is -0.435 e. The molecule has 1 aliphatic rings. The molecule has 5 heteroatoms. The summed E-state index contributed by atoms with van der Waals surface area (Å²) in [6, 6.07) is 6.60. The first-order valence-corrected chi connectivity index (χ1v) is 6.34. The van der Waals surface area contributed by atoms with Crippen LogP contribution in [0.1, 0.15) is 18.7 Å². The second kappa shape index (κ2) is 4.99. The molecule has 0 atom stereocenters. The molecule has 0 fully saturated rings. The molecule has 0 saturated carbocycles. The molecule has 0 radical (unpaired) electrons. The minimum absolute atomic E-state index is 0.169. The van der Waals surface area contributed by atoms with Crippen LogP contribution in [0.15, 0.2) is 30.5 Å². The van der Waals surface area contributed by atoms with E-state index in [9.17, 15) is 8.78 Å². The normalized spacial score (nSPS) is 14.5. The fraction of sp³-hybridized carbons (Fsp3) is 0.357. The highest BCUT2D eigenvalue weighted by atomic mass is 19.3. The van der Waals surface area contributed by atoms with Gasteiger partial charge >= 0.3 is 6.61 Å². The molecule has 0 N–H and O–H groups in total. The van der Waals surface area contributed by atoms with Crippen LogP contribution in [0.5, 0.6) is 5.75 Å². The van der Waals surface area contributed by atoms with Crippen molar-refractivity contribution in [2.45, 2.75) is 32.4 Å². The highest BCUT2D eigenvalue weighted by Crippen LogP contribution is 2.25. The van der Waals surface area contributed by atoms with Crippen LogP contribution >= 0.6 is 0 Å². The van der Waals surface area contributed by atoms with E-state index in [1.54, 1.807) is 24.3 Å². The zero-order valence-corrected chi connectivity index (χ0v) is 10.4. The van der Waals surface area contributed by atoms with E-state index in [1.807, 2.05) is 6.20 Å². The quantitative estimate of drug-likeness (QED) is 0.848. The fourth-order valence-electron chi connectivity index (χ4n) is 2.36. The Balaban J connectivity index is 1.83. The first-order chi connectivity index (χ1) is 9.22. The summed E-state index contributed by atoms with van der Waals surface area (Å²) in [6.07, 6.45) is 5.39. The van der Waals surface area contributed by atoms with Gasteiger partial charge in [-0.2, -0.15) is 8.78 Å². The average Bonchev–Trinajstić information content (AvgIpc) is 2.82. The van der Waals surface area contributed by atoms with Crippen LogP contribution in [0.2, 0.25) is 0 Å². The molecule has 0 saturated heterocycles. The lowest BCUT2D eigenvalue weighted by Gasteiger charge is -2.11. The van der Waals surface area contributed by atoms with Crippen LogP contribution in [-0.4, -0.2) is 16.2 Å². The van der Waals surface area contributed by atoms with E-state index in [0.717, 1.165) is 30.0 Å². The molecule has 1 aromatic heterocycles. The van der Waals surface area contributed by atoms with Crippen LogP contribution in [0.3, 0.4) is 0 Å². The van der Waals surface area contributed by atoms with Gasteiger partial charge in [0.25, 0.3) is 0 Å². The molecule has 0 unspecified atom stereocenters. The van der Waals surface area contributed by atoms with E-state index in [2.05, 4.69) is 14.3 Å². The minimum atomic E-state index is -2.79. The van der Waals surface area contributed by atoms with Crippen LogP contribution in [0, 0.1) is 0 Å². The highest BCUT2D eigenvalue weighted by Gasteiger charge is 2.13. The van der Waals surface area contributed by atoms with E-state index in [0.29, 0.717) is 0 Å². The Morgan fingerprint density at radius 3 is 2.63 bits per heavy atom. The molecular formula is C14H14F2N2O. The van der Waals surface area contributed by atoms with Gasteiger partial charge in [0.05, 0.1) is 5.69 Å². The molecule has 3 nitrogen and oxygen atoms in total. The van der Waals surface area contributed by atoms with Gasteiger partial charge in [-0.05, 0) is 37.1 Å². The molecule has 3 rings (SSSR count). The summed E-state index contributed by atoms with van der Waals surface area (Å²) in [4.78, 5) is 4.59. The van der Waals surface area contributed by atoms with Gasteiger partial charge in [-0.3, -0.25) is 0 Å². The number of aryl methyl sites for hydroxylation is 2. The first kappa shape index (κ1) is 12.1. The van der Waals surface area contributed by atoms with Gasteiger partial charge in [-0.15, -0.1) is 0 Å². The molecule has 2 aromatic rings. The van der Waals surface area contributed by atoms with Crippen molar-refractivity contribution in [1.82, 2.24) is 9.55 Å². The summed E-state index contributed by atoms with van der Waals surface area (Å²) in [5, 5.41) is 0. The molecule has 0 spiro atoms. The number of halogens is 2. The van der Waals surface area contributed by atoms with Crippen molar-refractivity contribution >= 4 is 0 Å². The van der Waals surface area contributed by atoms with Crippen molar-refractivity contribution in [3.05, 3.63) is 36.3 Å². The lowest BCUT2D eigenvalue weighted by atomic mass is 10.2. The number of hydrogen-bond donors (Lipinski definition) is 0. The standard InChI is InChI=1S/C14H14F2N2O/c15-14(16)19-11-6-4-10(5-7-11)12-9-18-8-2-1-3-13(18)17-12/h4-7,9,14H,1-3,8H2. The topological polar surface area (TPSA) is 27.1 Å². The Hall–Kier alpha value is -1.91. The number of aromatic nitrogens is 2. The van der Waals surface area contributed by atoms with Gasteiger partial charge in [-0.25, -0.2) is 4.98 Å². The fourth-order valence-corrected chi connectivity index (χ4v) is 2.36. The van der Waals surface area contributed by atoms with Gasteiger partial charge in [-0.1, -0.05) is 0 Å². The zero-order chi connectivity index (χ0) is 13.2. The van der Waals surface area contributed by atoms with Crippen molar-refractivity contribution in [2.75, 3.05) is 0 Å². The van der Waals surface area contributed by atoms with E-state index < -0.39 is 6.61 Å². The molecule has 19 heavy (non-hydrogen) atoms. The summed E-state index contributed by atoms with van der Waals surface area (Å²) >= 11 is 0. The third-order valence-electron chi connectivity index (χ3n) is 3.28. The number of nitrogens with zero attached hydrogens (tertiary/aromatic N) is 2. The molecule has 0 bridgehead atoms. The first-order valence-electron chi connectivity index (χ1n) is 6.34. The molecule has 0 aliphatic carbocycles. The molecule has 1 aliphatic heterocycles. The number of rotatable bonds is 3. The third-order valence-corrected chi connectivity index (χ3v) is 3.28. The molecule has 100 valence electrons. The lowest BCUT2D eigenvalue weighted by Crippen LogP contribution is -2.08. The van der Waals surface area contributed by atoms with Gasteiger partial charge in [0.1, 0.15) is 11.6 Å². The summed E-state index contributed by atoms with van der Waals surface area (Å²) in [5.74, 6) is 1.27. The Labute approximate surface area is 109 Å². The maximum absolute atomic E-state index is 12.1. The second-order valence-electron chi connectivity index (χ2n) is 4.60. The van der Waals surface area contributed by atoms with Crippen molar-refractivity contribution in [1.29, 1.82) is 0 Å². The van der Waals surface area contributed by atoms with E-state index >= 15 is 0 Å². The predicted molar refractivity (Wildman–Crippen MR) is 67.2 cm³/mol. The summed E-state index contributed by atoms with van der Waals surface area (Å²) in [7, 11) is 0. The SMILES string of the molecule is FC(F)Oc1ccc(-c2cn3c(n2)CCCC3)cc1. The Bertz CT molecular complexity index is 540. The Morgan fingerprint density at radius 2 is 1.95 bits per heavy atom. The number of fused-ring (bicyclic) bond motifs is 1. The molecule has 2 heterocycles. The highest BCUT2D eigenvalue weighted by molar-refractivity contribution is 5.59. The zero-order valence-electron chi connectivity index (χ0n) is 10.4. The van der Waals surface area contributed by atoms with E-state index in [1.165, 1.54) is 12.8 Å². The Morgan fingerprint density at radius 1 is 1.16 bits per heavy atom. The molecular weight excluding hydrogens is 250 g/mol. The maximum Gasteiger partial charge on any atom is 0.387 e. The van der Waals surface area contributed by atoms with Crippen LogP contribution in [-0.2, 0) is 13.0 Å². The number of imidazole rings is 1. The molecule has 1 aromatic carbocycles. The van der Waals surface area contributed by atoms with Crippen molar-refractivity contribution in [3.8, 4) is 17.0 Å². The van der Waals surface area contributed by atoms with Gasteiger partial charge in [0.15, 0.2) is 0 Å². The Kier molecular flexibility index (Phi) is 3.19. The molecule has 0 amide bonds. The van der Waals surface area contributed by atoms with E-state index in [-0.39, 0.29) is 5.75 Å². The summed E-state index contributed by atoms with van der Waals surface area (Å²) in [5.41, 5.74) is 1.81. The second-order valence-corrected chi connectivity index (χ2v) is 4.60. The lowest BCUT2D eigenvalue weighted by molar-refractivity contribution is -0.0498. The van der Waals surface area contributed by atoms with E-state index in [4.69, 9.17) is 0 Å². The van der Waals surface area contributed by atoms with Crippen molar-refractivity contribution in [2.24, 2.45) is 0 Å². The number of benzene rings is 1. The smallest absolute Gasteiger partial charge is 0.387 e. The van der Waals surface area contributed by atoms with Crippen LogP contribution in [0.25, 0.3) is 11.3 Å². The van der Waals surface area contributed by atoms with Crippen LogP contribution in [0.4, 0.5) is 8.78 Å².